The van der Waals surface area contributed by atoms with E-state index in [2.05, 4.69) is 15.3 Å². The molecule has 1 aromatic heterocycles. The Morgan fingerprint density at radius 3 is 2.90 bits per heavy atom. The third kappa shape index (κ3) is 2.90. The van der Waals surface area contributed by atoms with Crippen LogP contribution in [0.5, 0.6) is 0 Å². The zero-order chi connectivity index (χ0) is 14.8. The van der Waals surface area contributed by atoms with Crippen LogP contribution in [-0.4, -0.2) is 9.97 Å². The van der Waals surface area contributed by atoms with Crippen LogP contribution in [0.2, 0.25) is 5.02 Å². The van der Waals surface area contributed by atoms with Gasteiger partial charge < -0.3 is 10.3 Å². The number of hydrogen-bond donors (Lipinski definition) is 2. The van der Waals surface area contributed by atoms with Gasteiger partial charge in [-0.1, -0.05) is 29.8 Å². The van der Waals surface area contributed by atoms with Crippen molar-refractivity contribution in [3.63, 3.8) is 0 Å². The van der Waals surface area contributed by atoms with Gasteiger partial charge in [-0.25, -0.2) is 4.98 Å². The number of aryl methyl sites for hydroxylation is 1. The van der Waals surface area contributed by atoms with Crippen molar-refractivity contribution in [2.24, 2.45) is 0 Å². The molecule has 0 atom stereocenters. The molecule has 3 aromatic rings. The fourth-order valence-corrected chi connectivity index (χ4v) is 2.36. The Morgan fingerprint density at radius 2 is 2.05 bits per heavy atom. The van der Waals surface area contributed by atoms with Crippen molar-refractivity contribution in [2.45, 2.75) is 13.5 Å². The second-order valence-electron chi connectivity index (χ2n) is 4.87. The molecule has 0 aliphatic heterocycles. The molecule has 0 bridgehead atoms. The van der Waals surface area contributed by atoms with Crippen LogP contribution in [0.4, 0.5) is 5.69 Å². The number of halogens is 1. The molecule has 0 spiro atoms. The predicted molar refractivity (Wildman–Crippen MR) is 85.9 cm³/mol. The second-order valence-corrected chi connectivity index (χ2v) is 5.27. The van der Waals surface area contributed by atoms with Crippen molar-refractivity contribution in [3.05, 3.63) is 69.2 Å². The van der Waals surface area contributed by atoms with Crippen LogP contribution < -0.4 is 10.9 Å². The molecule has 0 amide bonds. The SMILES string of the molecule is Cc1ccc(Cl)c(NCc2nc3ccccc3c(=O)[nH]2)c1. The van der Waals surface area contributed by atoms with Crippen molar-refractivity contribution in [1.29, 1.82) is 0 Å². The molecular formula is C16H14ClN3O. The highest BCUT2D eigenvalue weighted by Crippen LogP contribution is 2.23. The number of nitrogens with zero attached hydrogens (tertiary/aromatic N) is 1. The lowest BCUT2D eigenvalue weighted by Crippen LogP contribution is -2.14. The van der Waals surface area contributed by atoms with Gasteiger partial charge in [0.05, 0.1) is 28.2 Å². The summed E-state index contributed by atoms with van der Waals surface area (Å²) in [5.41, 5.74) is 2.50. The molecule has 0 saturated carbocycles. The fourth-order valence-electron chi connectivity index (χ4n) is 2.17. The third-order valence-electron chi connectivity index (χ3n) is 3.23. The summed E-state index contributed by atoms with van der Waals surface area (Å²) in [4.78, 5) is 19.2. The lowest BCUT2D eigenvalue weighted by molar-refractivity contribution is 0.953. The van der Waals surface area contributed by atoms with Gasteiger partial charge in [0.15, 0.2) is 0 Å². The minimum absolute atomic E-state index is 0.132. The average Bonchev–Trinajstić information content (AvgIpc) is 2.48. The second kappa shape index (κ2) is 5.58. The molecule has 0 fully saturated rings. The van der Waals surface area contributed by atoms with Gasteiger partial charge in [-0.2, -0.15) is 0 Å². The van der Waals surface area contributed by atoms with Crippen LogP contribution in [0.3, 0.4) is 0 Å². The van der Waals surface area contributed by atoms with Gasteiger partial charge in [-0.15, -0.1) is 0 Å². The first kappa shape index (κ1) is 13.6. The standard InChI is InChI=1S/C16H14ClN3O/c1-10-6-7-12(17)14(8-10)18-9-15-19-13-5-3-2-4-11(13)16(21)20-15/h2-8,18H,9H2,1H3,(H,19,20,21). The number of aromatic nitrogens is 2. The predicted octanol–water partition coefficient (Wildman–Crippen LogP) is 3.50. The summed E-state index contributed by atoms with van der Waals surface area (Å²) in [7, 11) is 0. The number of para-hydroxylation sites is 1. The molecule has 0 aliphatic carbocycles. The molecule has 2 aromatic carbocycles. The van der Waals surface area contributed by atoms with E-state index in [-0.39, 0.29) is 5.56 Å². The first-order valence-electron chi connectivity index (χ1n) is 6.61. The van der Waals surface area contributed by atoms with Gasteiger partial charge in [-0.3, -0.25) is 4.79 Å². The fraction of sp³-hybridized carbons (Fsp3) is 0.125. The number of hydrogen-bond acceptors (Lipinski definition) is 3. The molecular weight excluding hydrogens is 286 g/mol. The summed E-state index contributed by atoms with van der Waals surface area (Å²) in [5, 5.41) is 4.43. The summed E-state index contributed by atoms with van der Waals surface area (Å²) < 4.78 is 0. The van der Waals surface area contributed by atoms with Gasteiger partial charge in [0.1, 0.15) is 5.82 Å². The molecule has 3 rings (SSSR count). The quantitative estimate of drug-likeness (QED) is 0.778. The third-order valence-corrected chi connectivity index (χ3v) is 3.56. The molecule has 5 heteroatoms. The van der Waals surface area contributed by atoms with Crippen LogP contribution in [0.1, 0.15) is 11.4 Å². The van der Waals surface area contributed by atoms with Crippen molar-refractivity contribution in [3.8, 4) is 0 Å². The molecule has 21 heavy (non-hydrogen) atoms. The molecule has 106 valence electrons. The molecule has 1 heterocycles. The molecule has 2 N–H and O–H groups in total. The van der Waals surface area contributed by atoms with E-state index in [1.807, 2.05) is 43.3 Å². The average molecular weight is 300 g/mol. The van der Waals surface area contributed by atoms with E-state index in [0.29, 0.717) is 28.3 Å². The number of aromatic amines is 1. The Labute approximate surface area is 126 Å². The Kier molecular flexibility index (Phi) is 3.62. The van der Waals surface area contributed by atoms with E-state index in [1.165, 1.54) is 0 Å². The zero-order valence-corrected chi connectivity index (χ0v) is 12.2. The van der Waals surface area contributed by atoms with E-state index in [9.17, 15) is 4.79 Å². The topological polar surface area (TPSA) is 57.8 Å². The van der Waals surface area contributed by atoms with Gasteiger partial charge in [0.25, 0.3) is 5.56 Å². The van der Waals surface area contributed by atoms with Gasteiger partial charge in [0, 0.05) is 0 Å². The van der Waals surface area contributed by atoms with Crippen molar-refractivity contribution >= 4 is 28.2 Å². The van der Waals surface area contributed by atoms with Gasteiger partial charge in [0.2, 0.25) is 0 Å². The summed E-state index contributed by atoms with van der Waals surface area (Å²) in [6, 6.07) is 13.0. The van der Waals surface area contributed by atoms with Gasteiger partial charge in [-0.05, 0) is 36.8 Å². The maximum absolute atomic E-state index is 12.0. The Morgan fingerprint density at radius 1 is 1.24 bits per heavy atom. The largest absolute Gasteiger partial charge is 0.377 e. The molecule has 0 radical (unpaired) electrons. The van der Waals surface area contributed by atoms with Crippen LogP contribution in [-0.2, 0) is 6.54 Å². The number of H-pyrrole nitrogens is 1. The number of nitrogens with one attached hydrogen (secondary N) is 2. The zero-order valence-electron chi connectivity index (χ0n) is 11.5. The van der Waals surface area contributed by atoms with E-state index in [4.69, 9.17) is 11.6 Å². The van der Waals surface area contributed by atoms with Crippen LogP contribution in [0.25, 0.3) is 10.9 Å². The lowest BCUT2D eigenvalue weighted by Gasteiger charge is -2.09. The molecule has 0 saturated heterocycles. The summed E-state index contributed by atoms with van der Waals surface area (Å²) >= 11 is 6.13. The van der Waals surface area contributed by atoms with E-state index < -0.39 is 0 Å². The Balaban J connectivity index is 1.88. The van der Waals surface area contributed by atoms with Crippen LogP contribution >= 0.6 is 11.6 Å². The number of fused-ring (bicyclic) bond motifs is 1. The van der Waals surface area contributed by atoms with Crippen LogP contribution in [0, 0.1) is 6.92 Å². The number of rotatable bonds is 3. The highest BCUT2D eigenvalue weighted by Gasteiger charge is 2.04. The van der Waals surface area contributed by atoms with Crippen molar-refractivity contribution in [1.82, 2.24) is 9.97 Å². The van der Waals surface area contributed by atoms with Gasteiger partial charge >= 0.3 is 0 Å². The van der Waals surface area contributed by atoms with Crippen LogP contribution in [0.15, 0.2) is 47.3 Å². The maximum Gasteiger partial charge on any atom is 0.258 e. The maximum atomic E-state index is 12.0. The number of anilines is 1. The van der Waals surface area contributed by atoms with Crippen molar-refractivity contribution in [2.75, 3.05) is 5.32 Å². The summed E-state index contributed by atoms with van der Waals surface area (Å²) in [6.07, 6.45) is 0. The first-order chi connectivity index (χ1) is 10.1. The summed E-state index contributed by atoms with van der Waals surface area (Å²) in [5.74, 6) is 0.580. The molecule has 0 aliphatic rings. The highest BCUT2D eigenvalue weighted by atomic mass is 35.5. The molecule has 4 nitrogen and oxygen atoms in total. The first-order valence-corrected chi connectivity index (χ1v) is 6.99. The smallest absolute Gasteiger partial charge is 0.258 e. The summed E-state index contributed by atoms with van der Waals surface area (Å²) in [6.45, 7) is 2.40. The van der Waals surface area contributed by atoms with Crippen molar-refractivity contribution < 1.29 is 0 Å². The van der Waals surface area contributed by atoms with E-state index in [0.717, 1.165) is 11.3 Å². The minimum atomic E-state index is -0.132. The molecule has 0 unspecified atom stereocenters. The highest BCUT2D eigenvalue weighted by molar-refractivity contribution is 6.33. The number of benzene rings is 2. The Hall–Kier alpha value is -2.33. The van der Waals surface area contributed by atoms with E-state index in [1.54, 1.807) is 6.07 Å². The minimum Gasteiger partial charge on any atom is -0.377 e. The monoisotopic (exact) mass is 299 g/mol. The normalized spacial score (nSPS) is 10.8. The van der Waals surface area contributed by atoms with E-state index >= 15 is 0 Å². The Bertz CT molecular complexity index is 858. The lowest BCUT2D eigenvalue weighted by atomic mass is 10.2.